The molecule has 0 spiro atoms. The normalized spacial score (nSPS) is 12.9. The van der Waals surface area contributed by atoms with Gasteiger partial charge in [-0.25, -0.2) is 0 Å². The third-order valence-corrected chi connectivity index (χ3v) is 6.16. The first-order valence-corrected chi connectivity index (χ1v) is 10.8. The highest BCUT2D eigenvalue weighted by atomic mass is 16.3. The Morgan fingerprint density at radius 1 is 1.00 bits per heavy atom. The standard InChI is InChI=1S/C27H20N2O4/c30-25(14-20-16-33-24-8-5-17-3-1-2-4-22(17)26(20)24)28-21-6-7-23-18(13-21)9-11-29(23)27(31)19-10-12-32-15-19/h1-8,10,12-13,15-16H,9,11,14H2,(H,28,30). The summed E-state index contributed by atoms with van der Waals surface area (Å²) in [5, 5.41) is 6.16. The van der Waals surface area contributed by atoms with E-state index in [2.05, 4.69) is 11.4 Å². The maximum atomic E-state index is 12.9. The lowest BCUT2D eigenvalue weighted by atomic mass is 10.0. The second-order valence-corrected chi connectivity index (χ2v) is 8.21. The van der Waals surface area contributed by atoms with Gasteiger partial charge in [-0.05, 0) is 53.1 Å². The first-order valence-electron chi connectivity index (χ1n) is 10.8. The van der Waals surface area contributed by atoms with E-state index in [1.54, 1.807) is 17.2 Å². The molecule has 1 aliphatic heterocycles. The van der Waals surface area contributed by atoms with Crippen LogP contribution in [0.3, 0.4) is 0 Å². The van der Waals surface area contributed by atoms with Gasteiger partial charge in [0.2, 0.25) is 5.91 Å². The Morgan fingerprint density at radius 3 is 2.79 bits per heavy atom. The van der Waals surface area contributed by atoms with Crippen molar-refractivity contribution < 1.29 is 18.4 Å². The summed E-state index contributed by atoms with van der Waals surface area (Å²) < 4.78 is 10.7. The summed E-state index contributed by atoms with van der Waals surface area (Å²) in [6.07, 6.45) is 5.56. The van der Waals surface area contributed by atoms with E-state index in [9.17, 15) is 9.59 Å². The minimum absolute atomic E-state index is 0.0849. The van der Waals surface area contributed by atoms with E-state index < -0.39 is 0 Å². The highest BCUT2D eigenvalue weighted by molar-refractivity contribution is 6.09. The molecule has 0 fully saturated rings. The Labute approximate surface area is 189 Å². The van der Waals surface area contributed by atoms with Crippen LogP contribution in [0, 0.1) is 0 Å². The fourth-order valence-electron chi connectivity index (χ4n) is 4.62. The SMILES string of the molecule is O=C(Cc1coc2ccc3ccccc3c12)Nc1ccc2c(c1)CCN2C(=O)c1ccoc1. The van der Waals surface area contributed by atoms with Crippen LogP contribution in [0.25, 0.3) is 21.7 Å². The van der Waals surface area contributed by atoms with Gasteiger partial charge < -0.3 is 19.1 Å². The van der Waals surface area contributed by atoms with Crippen molar-refractivity contribution in [2.45, 2.75) is 12.8 Å². The van der Waals surface area contributed by atoms with Gasteiger partial charge in [0.05, 0.1) is 24.5 Å². The van der Waals surface area contributed by atoms with Gasteiger partial charge in [-0.3, -0.25) is 9.59 Å². The molecule has 0 saturated carbocycles. The van der Waals surface area contributed by atoms with Crippen molar-refractivity contribution in [3.63, 3.8) is 0 Å². The van der Waals surface area contributed by atoms with Crippen LogP contribution in [-0.4, -0.2) is 18.4 Å². The molecule has 3 heterocycles. The fraction of sp³-hybridized carbons (Fsp3) is 0.111. The molecule has 0 atom stereocenters. The third kappa shape index (κ3) is 3.36. The topological polar surface area (TPSA) is 75.7 Å². The van der Waals surface area contributed by atoms with E-state index in [4.69, 9.17) is 8.83 Å². The molecule has 2 amide bonds. The molecule has 2 aromatic heterocycles. The van der Waals surface area contributed by atoms with Crippen molar-refractivity contribution in [1.82, 2.24) is 0 Å². The van der Waals surface area contributed by atoms with Gasteiger partial charge in [0.1, 0.15) is 11.8 Å². The van der Waals surface area contributed by atoms with E-state index >= 15 is 0 Å². The fourth-order valence-corrected chi connectivity index (χ4v) is 4.62. The number of hydrogen-bond donors (Lipinski definition) is 1. The molecule has 3 aromatic carbocycles. The van der Waals surface area contributed by atoms with E-state index in [-0.39, 0.29) is 18.2 Å². The Balaban J connectivity index is 1.22. The molecule has 1 N–H and O–H groups in total. The molecule has 162 valence electrons. The summed E-state index contributed by atoms with van der Waals surface area (Å²) in [5.41, 5.74) is 4.78. The minimum atomic E-state index is -0.116. The minimum Gasteiger partial charge on any atom is -0.472 e. The molecule has 6 heteroatoms. The number of nitrogens with zero attached hydrogens (tertiary/aromatic N) is 1. The average molecular weight is 436 g/mol. The summed E-state index contributed by atoms with van der Waals surface area (Å²) >= 11 is 0. The lowest BCUT2D eigenvalue weighted by Crippen LogP contribution is -2.28. The van der Waals surface area contributed by atoms with Gasteiger partial charge in [0.15, 0.2) is 0 Å². The molecular formula is C27H20N2O4. The van der Waals surface area contributed by atoms with Crippen LogP contribution < -0.4 is 10.2 Å². The highest BCUT2D eigenvalue weighted by Crippen LogP contribution is 2.33. The van der Waals surface area contributed by atoms with E-state index in [1.165, 1.54) is 12.5 Å². The Hall–Kier alpha value is -4.32. The number of carbonyl (C=O) groups is 2. The molecule has 0 bridgehead atoms. The average Bonchev–Trinajstić information content (AvgIpc) is 3.58. The van der Waals surface area contributed by atoms with Gasteiger partial charge in [-0.2, -0.15) is 0 Å². The van der Waals surface area contributed by atoms with Crippen LogP contribution in [0.4, 0.5) is 11.4 Å². The molecule has 0 radical (unpaired) electrons. The zero-order chi connectivity index (χ0) is 22.4. The molecular weight excluding hydrogens is 416 g/mol. The molecule has 0 unspecified atom stereocenters. The summed E-state index contributed by atoms with van der Waals surface area (Å²) in [7, 11) is 0. The zero-order valence-corrected chi connectivity index (χ0v) is 17.7. The molecule has 6 rings (SSSR count). The van der Waals surface area contributed by atoms with Crippen molar-refractivity contribution in [3.05, 3.63) is 96.1 Å². The lowest BCUT2D eigenvalue weighted by molar-refractivity contribution is -0.115. The summed E-state index contributed by atoms with van der Waals surface area (Å²) in [6, 6.07) is 19.4. The van der Waals surface area contributed by atoms with Crippen molar-refractivity contribution >= 4 is 44.9 Å². The van der Waals surface area contributed by atoms with Gasteiger partial charge in [-0.1, -0.05) is 30.3 Å². The largest absolute Gasteiger partial charge is 0.472 e. The van der Waals surface area contributed by atoms with Crippen LogP contribution in [-0.2, 0) is 17.6 Å². The monoisotopic (exact) mass is 436 g/mol. The number of rotatable bonds is 4. The van der Waals surface area contributed by atoms with Crippen molar-refractivity contribution in [2.24, 2.45) is 0 Å². The van der Waals surface area contributed by atoms with Crippen LogP contribution in [0.1, 0.15) is 21.5 Å². The second-order valence-electron chi connectivity index (χ2n) is 8.21. The number of hydrogen-bond acceptors (Lipinski definition) is 4. The summed E-state index contributed by atoms with van der Waals surface area (Å²) in [5.74, 6) is -0.201. The van der Waals surface area contributed by atoms with E-state index in [0.717, 1.165) is 45.0 Å². The van der Waals surface area contributed by atoms with E-state index in [0.29, 0.717) is 17.8 Å². The Bertz CT molecular complexity index is 1510. The van der Waals surface area contributed by atoms with Crippen molar-refractivity contribution in [3.8, 4) is 0 Å². The maximum absolute atomic E-state index is 12.9. The molecule has 0 saturated heterocycles. The smallest absolute Gasteiger partial charge is 0.261 e. The lowest BCUT2D eigenvalue weighted by Gasteiger charge is -2.16. The highest BCUT2D eigenvalue weighted by Gasteiger charge is 2.26. The van der Waals surface area contributed by atoms with Gasteiger partial charge in [0, 0.05) is 28.9 Å². The molecule has 6 nitrogen and oxygen atoms in total. The van der Waals surface area contributed by atoms with Crippen LogP contribution in [0.2, 0.25) is 0 Å². The summed E-state index contributed by atoms with van der Waals surface area (Å²) in [6.45, 7) is 0.602. The quantitative estimate of drug-likeness (QED) is 0.400. The number of fused-ring (bicyclic) bond motifs is 4. The number of nitrogens with one attached hydrogen (secondary N) is 1. The summed E-state index contributed by atoms with van der Waals surface area (Å²) in [4.78, 5) is 27.3. The zero-order valence-electron chi connectivity index (χ0n) is 17.7. The Morgan fingerprint density at radius 2 is 1.91 bits per heavy atom. The number of benzene rings is 3. The van der Waals surface area contributed by atoms with Gasteiger partial charge in [-0.15, -0.1) is 0 Å². The second kappa shape index (κ2) is 7.67. The van der Waals surface area contributed by atoms with Gasteiger partial charge in [0.25, 0.3) is 5.91 Å². The van der Waals surface area contributed by atoms with Crippen LogP contribution in [0.15, 0.2) is 88.3 Å². The molecule has 33 heavy (non-hydrogen) atoms. The predicted octanol–water partition coefficient (Wildman–Crippen LogP) is 5.56. The van der Waals surface area contributed by atoms with E-state index in [1.807, 2.05) is 48.5 Å². The first kappa shape index (κ1) is 19.4. The van der Waals surface area contributed by atoms with Crippen LogP contribution >= 0.6 is 0 Å². The number of furan rings is 2. The van der Waals surface area contributed by atoms with Gasteiger partial charge >= 0.3 is 0 Å². The third-order valence-electron chi connectivity index (χ3n) is 6.16. The number of anilines is 2. The molecule has 1 aliphatic rings. The predicted molar refractivity (Wildman–Crippen MR) is 127 cm³/mol. The number of carbonyl (C=O) groups excluding carboxylic acids is 2. The molecule has 0 aliphatic carbocycles. The van der Waals surface area contributed by atoms with Crippen molar-refractivity contribution in [1.29, 1.82) is 0 Å². The van der Waals surface area contributed by atoms with Crippen LogP contribution in [0.5, 0.6) is 0 Å². The van der Waals surface area contributed by atoms with Crippen molar-refractivity contribution in [2.75, 3.05) is 16.8 Å². The molecule has 5 aromatic rings. The first-order chi connectivity index (χ1) is 16.2. The number of amides is 2. The maximum Gasteiger partial charge on any atom is 0.261 e. The Kier molecular flexibility index (Phi) is 4.50.